The summed E-state index contributed by atoms with van der Waals surface area (Å²) >= 11 is 19.3. The SMILES string of the molecule is O=C(Nc1ncc(Cc2ccc(Cl)cc2Cl)s1)c1ccc(Cl)cc1. The summed E-state index contributed by atoms with van der Waals surface area (Å²) in [4.78, 5) is 17.4. The highest BCUT2D eigenvalue weighted by Gasteiger charge is 2.10. The summed E-state index contributed by atoms with van der Waals surface area (Å²) in [6.07, 6.45) is 2.36. The first-order valence-corrected chi connectivity index (χ1v) is 8.92. The molecule has 1 aromatic heterocycles. The molecule has 0 spiro atoms. The largest absolute Gasteiger partial charge is 0.298 e. The van der Waals surface area contributed by atoms with Crippen molar-refractivity contribution in [2.45, 2.75) is 6.42 Å². The van der Waals surface area contributed by atoms with Gasteiger partial charge >= 0.3 is 0 Å². The van der Waals surface area contributed by atoms with E-state index in [1.54, 1.807) is 42.6 Å². The van der Waals surface area contributed by atoms with Crippen molar-refractivity contribution < 1.29 is 4.79 Å². The number of hydrogen-bond donors (Lipinski definition) is 1. The standard InChI is InChI=1S/C17H11Cl3N2OS/c18-12-4-1-10(2-5-12)16(23)22-17-21-9-14(24-17)7-11-3-6-13(19)8-15(11)20/h1-6,8-9H,7H2,(H,21,22,23). The molecule has 1 heterocycles. The van der Waals surface area contributed by atoms with E-state index < -0.39 is 0 Å². The fourth-order valence-electron chi connectivity index (χ4n) is 2.07. The van der Waals surface area contributed by atoms with Crippen LogP contribution in [0.15, 0.2) is 48.7 Å². The Labute approximate surface area is 158 Å². The maximum Gasteiger partial charge on any atom is 0.257 e. The Kier molecular flexibility index (Phi) is 5.41. The lowest BCUT2D eigenvalue weighted by Gasteiger charge is -2.03. The third-order valence-electron chi connectivity index (χ3n) is 3.26. The zero-order chi connectivity index (χ0) is 17.1. The van der Waals surface area contributed by atoms with Crippen LogP contribution in [0.2, 0.25) is 15.1 Å². The first kappa shape index (κ1) is 17.2. The molecule has 3 aromatic rings. The topological polar surface area (TPSA) is 42.0 Å². The quantitative estimate of drug-likeness (QED) is 0.591. The Balaban J connectivity index is 1.69. The summed E-state index contributed by atoms with van der Waals surface area (Å²) in [5.74, 6) is -0.225. The molecular weight excluding hydrogens is 387 g/mol. The van der Waals surface area contributed by atoms with Crippen molar-refractivity contribution in [3.05, 3.63) is 79.7 Å². The first-order chi connectivity index (χ1) is 11.5. The monoisotopic (exact) mass is 396 g/mol. The zero-order valence-electron chi connectivity index (χ0n) is 12.2. The molecule has 2 aromatic carbocycles. The van der Waals surface area contributed by atoms with E-state index in [2.05, 4.69) is 10.3 Å². The van der Waals surface area contributed by atoms with E-state index in [1.807, 2.05) is 6.07 Å². The number of aromatic nitrogens is 1. The second-order valence-electron chi connectivity index (χ2n) is 5.01. The van der Waals surface area contributed by atoms with Gasteiger partial charge in [0, 0.05) is 38.1 Å². The molecule has 0 bridgehead atoms. The van der Waals surface area contributed by atoms with Crippen molar-refractivity contribution in [2.24, 2.45) is 0 Å². The van der Waals surface area contributed by atoms with Gasteiger partial charge in [0.15, 0.2) is 5.13 Å². The van der Waals surface area contributed by atoms with Crippen molar-refractivity contribution in [3.8, 4) is 0 Å². The molecule has 0 radical (unpaired) electrons. The van der Waals surface area contributed by atoms with Crippen LogP contribution in [0.25, 0.3) is 0 Å². The van der Waals surface area contributed by atoms with Gasteiger partial charge in [-0.05, 0) is 42.0 Å². The molecule has 0 fully saturated rings. The van der Waals surface area contributed by atoms with Gasteiger partial charge in [-0.15, -0.1) is 11.3 Å². The first-order valence-electron chi connectivity index (χ1n) is 6.97. The number of halogens is 3. The summed E-state index contributed by atoms with van der Waals surface area (Å²) < 4.78 is 0. The van der Waals surface area contributed by atoms with E-state index in [0.29, 0.717) is 32.2 Å². The van der Waals surface area contributed by atoms with Gasteiger partial charge < -0.3 is 0 Å². The average molecular weight is 398 g/mol. The fraction of sp³-hybridized carbons (Fsp3) is 0.0588. The van der Waals surface area contributed by atoms with Crippen LogP contribution < -0.4 is 5.32 Å². The van der Waals surface area contributed by atoms with Crippen LogP contribution in [-0.2, 0) is 6.42 Å². The molecule has 0 saturated heterocycles. The van der Waals surface area contributed by atoms with Gasteiger partial charge in [0.1, 0.15) is 0 Å². The van der Waals surface area contributed by atoms with Gasteiger partial charge in [-0.1, -0.05) is 40.9 Å². The molecule has 0 atom stereocenters. The Hall–Kier alpha value is -1.59. The van der Waals surface area contributed by atoms with E-state index >= 15 is 0 Å². The van der Waals surface area contributed by atoms with Gasteiger partial charge in [0.05, 0.1) is 0 Å². The van der Waals surface area contributed by atoms with Gasteiger partial charge in [0.25, 0.3) is 5.91 Å². The number of rotatable bonds is 4. The highest BCUT2D eigenvalue weighted by molar-refractivity contribution is 7.15. The Morgan fingerprint density at radius 1 is 1.04 bits per heavy atom. The summed E-state index contributed by atoms with van der Waals surface area (Å²) in [6.45, 7) is 0. The molecule has 3 rings (SSSR count). The third kappa shape index (κ3) is 4.28. The van der Waals surface area contributed by atoms with Crippen LogP contribution in [0.4, 0.5) is 5.13 Å². The maximum atomic E-state index is 12.2. The van der Waals surface area contributed by atoms with Gasteiger partial charge in [-0.3, -0.25) is 10.1 Å². The van der Waals surface area contributed by atoms with Crippen LogP contribution in [0, 0.1) is 0 Å². The van der Waals surface area contributed by atoms with Gasteiger partial charge in [0.2, 0.25) is 0 Å². The molecule has 0 aliphatic heterocycles. The predicted octanol–water partition coefficient (Wildman–Crippen LogP) is 5.95. The zero-order valence-corrected chi connectivity index (χ0v) is 15.3. The van der Waals surface area contributed by atoms with Crippen LogP contribution in [0.1, 0.15) is 20.8 Å². The molecule has 1 N–H and O–H groups in total. The molecular formula is C17H11Cl3N2OS. The molecule has 3 nitrogen and oxygen atoms in total. The Morgan fingerprint density at radius 2 is 1.75 bits per heavy atom. The lowest BCUT2D eigenvalue weighted by molar-refractivity contribution is 0.102. The third-order valence-corrected chi connectivity index (χ3v) is 5.01. The Bertz CT molecular complexity index is 878. The lowest BCUT2D eigenvalue weighted by atomic mass is 10.1. The number of nitrogens with one attached hydrogen (secondary N) is 1. The number of benzene rings is 2. The van der Waals surface area contributed by atoms with Gasteiger partial charge in [-0.2, -0.15) is 0 Å². The number of carbonyl (C=O) groups excluding carboxylic acids is 1. The summed E-state index contributed by atoms with van der Waals surface area (Å²) in [6, 6.07) is 12.1. The van der Waals surface area contributed by atoms with Crippen molar-refractivity contribution >= 4 is 57.2 Å². The minimum Gasteiger partial charge on any atom is -0.298 e. The molecule has 122 valence electrons. The normalized spacial score (nSPS) is 10.6. The summed E-state index contributed by atoms with van der Waals surface area (Å²) in [5.41, 5.74) is 1.48. The maximum absolute atomic E-state index is 12.2. The fourth-order valence-corrected chi connectivity index (χ4v) is 3.50. The number of hydrogen-bond acceptors (Lipinski definition) is 3. The molecule has 1 amide bonds. The van der Waals surface area contributed by atoms with E-state index in [0.717, 1.165) is 10.4 Å². The number of nitrogens with zero attached hydrogens (tertiary/aromatic N) is 1. The number of carbonyl (C=O) groups is 1. The predicted molar refractivity (Wildman–Crippen MR) is 101 cm³/mol. The number of amides is 1. The molecule has 7 heteroatoms. The van der Waals surface area contributed by atoms with Crippen LogP contribution in [0.3, 0.4) is 0 Å². The summed E-state index contributed by atoms with van der Waals surface area (Å²) in [7, 11) is 0. The highest BCUT2D eigenvalue weighted by atomic mass is 35.5. The van der Waals surface area contributed by atoms with Crippen molar-refractivity contribution in [2.75, 3.05) is 5.32 Å². The van der Waals surface area contributed by atoms with Crippen LogP contribution >= 0.6 is 46.1 Å². The number of thiazole rings is 1. The van der Waals surface area contributed by atoms with Crippen molar-refractivity contribution in [1.82, 2.24) is 4.98 Å². The summed E-state index contributed by atoms with van der Waals surface area (Å²) in [5, 5.41) is 5.12. The second kappa shape index (κ2) is 7.53. The van der Waals surface area contributed by atoms with Crippen molar-refractivity contribution in [1.29, 1.82) is 0 Å². The molecule has 0 aliphatic rings. The minimum atomic E-state index is -0.225. The molecule has 0 unspecified atom stereocenters. The van der Waals surface area contributed by atoms with Crippen LogP contribution in [-0.4, -0.2) is 10.9 Å². The highest BCUT2D eigenvalue weighted by Crippen LogP contribution is 2.27. The van der Waals surface area contributed by atoms with E-state index in [-0.39, 0.29) is 5.91 Å². The average Bonchev–Trinajstić information content (AvgIpc) is 2.98. The van der Waals surface area contributed by atoms with E-state index in [9.17, 15) is 4.79 Å². The van der Waals surface area contributed by atoms with Crippen LogP contribution in [0.5, 0.6) is 0 Å². The second-order valence-corrected chi connectivity index (χ2v) is 7.40. The van der Waals surface area contributed by atoms with E-state index in [1.165, 1.54) is 11.3 Å². The molecule has 0 saturated carbocycles. The van der Waals surface area contributed by atoms with Gasteiger partial charge in [-0.25, -0.2) is 4.98 Å². The minimum absolute atomic E-state index is 0.225. The molecule has 24 heavy (non-hydrogen) atoms. The lowest BCUT2D eigenvalue weighted by Crippen LogP contribution is -2.11. The van der Waals surface area contributed by atoms with Crippen molar-refractivity contribution in [3.63, 3.8) is 0 Å². The van der Waals surface area contributed by atoms with E-state index in [4.69, 9.17) is 34.8 Å². The smallest absolute Gasteiger partial charge is 0.257 e. The number of anilines is 1. The molecule has 0 aliphatic carbocycles. The Morgan fingerprint density at radius 3 is 2.46 bits per heavy atom.